The van der Waals surface area contributed by atoms with Crippen LogP contribution >= 0.6 is 11.8 Å². The third-order valence-electron chi connectivity index (χ3n) is 11.4. The van der Waals surface area contributed by atoms with E-state index in [0.717, 1.165) is 18.8 Å². The van der Waals surface area contributed by atoms with E-state index in [1.807, 2.05) is 0 Å². The van der Waals surface area contributed by atoms with Gasteiger partial charge in [0, 0.05) is 11.5 Å². The fraction of sp³-hybridized carbons (Fsp3) is 0.958. The van der Waals surface area contributed by atoms with E-state index in [-0.39, 0.29) is 12.4 Å². The summed E-state index contributed by atoms with van der Waals surface area (Å²) in [5.41, 5.74) is 0. The van der Waals surface area contributed by atoms with Crippen LogP contribution in [0.1, 0.15) is 271 Å². The van der Waals surface area contributed by atoms with Gasteiger partial charge in [-0.25, -0.2) is 0 Å². The molecule has 0 aliphatic heterocycles. The quantitative estimate of drug-likeness (QED) is 0.0494. The van der Waals surface area contributed by atoms with Crippen molar-refractivity contribution in [2.24, 2.45) is 5.92 Å². The van der Waals surface area contributed by atoms with E-state index in [1.165, 1.54) is 243 Å². The zero-order valence-electron chi connectivity index (χ0n) is 36.1. The van der Waals surface area contributed by atoms with Crippen molar-refractivity contribution in [3.8, 4) is 0 Å². The molecule has 0 saturated heterocycles. The highest BCUT2D eigenvalue weighted by Gasteiger charge is 2.09. The van der Waals surface area contributed by atoms with Crippen LogP contribution in [0, 0.1) is 5.92 Å². The van der Waals surface area contributed by atoms with Crippen LogP contribution in [0.2, 0.25) is 0 Å². The molecule has 0 aliphatic rings. The number of thioether (sulfide) groups is 1. The first-order valence-electron chi connectivity index (χ1n) is 24.0. The van der Waals surface area contributed by atoms with Crippen molar-refractivity contribution in [3.63, 3.8) is 0 Å². The van der Waals surface area contributed by atoms with Crippen molar-refractivity contribution in [2.75, 3.05) is 18.1 Å². The largest absolute Gasteiger partial charge is 0.481 e. The first-order chi connectivity index (χ1) is 26.1. The Hall–Kier alpha value is -0.710. The molecule has 0 aliphatic carbocycles. The number of carboxylic acids is 1. The summed E-state index contributed by atoms with van der Waals surface area (Å²) in [6.45, 7) is 5.15. The minimum absolute atomic E-state index is 0.152. The van der Waals surface area contributed by atoms with Crippen LogP contribution in [0.5, 0.6) is 0 Å². The standard InChI is InChI=1S/C48H94O4S/c1-3-5-7-9-11-13-22-26-30-34-38-46(39-35-31-27-23-14-12-10-8-6-4-2)40-36-32-28-24-20-18-16-15-17-19-21-25-29-33-37-43-52-48(51)42-45-53-44-41-47(49)50/h46H,3-45H2,1-2H3,(H,49,50). The maximum Gasteiger partial charge on any atom is 0.306 e. The van der Waals surface area contributed by atoms with Gasteiger partial charge in [-0.1, -0.05) is 251 Å². The van der Waals surface area contributed by atoms with Crippen LogP contribution in [-0.4, -0.2) is 35.2 Å². The Morgan fingerprint density at radius 3 is 1.02 bits per heavy atom. The van der Waals surface area contributed by atoms with Crippen molar-refractivity contribution in [1.29, 1.82) is 0 Å². The molecular formula is C48H94O4S. The van der Waals surface area contributed by atoms with E-state index >= 15 is 0 Å². The van der Waals surface area contributed by atoms with Crippen LogP contribution < -0.4 is 0 Å². The monoisotopic (exact) mass is 767 g/mol. The summed E-state index contributed by atoms with van der Waals surface area (Å²) >= 11 is 1.50. The molecule has 0 radical (unpaired) electrons. The predicted octanol–water partition coefficient (Wildman–Crippen LogP) is 16.6. The average Bonchev–Trinajstić information content (AvgIpc) is 3.15. The van der Waals surface area contributed by atoms with Gasteiger partial charge in [0.15, 0.2) is 0 Å². The smallest absolute Gasteiger partial charge is 0.306 e. The van der Waals surface area contributed by atoms with Crippen molar-refractivity contribution < 1.29 is 19.4 Å². The molecule has 4 nitrogen and oxygen atoms in total. The topological polar surface area (TPSA) is 63.6 Å². The number of carbonyl (C=O) groups is 2. The Morgan fingerprint density at radius 2 is 0.698 bits per heavy atom. The maximum absolute atomic E-state index is 11.7. The van der Waals surface area contributed by atoms with Crippen LogP contribution in [0.3, 0.4) is 0 Å². The van der Waals surface area contributed by atoms with E-state index in [4.69, 9.17) is 9.84 Å². The molecule has 0 bridgehead atoms. The zero-order valence-corrected chi connectivity index (χ0v) is 36.9. The molecule has 0 aromatic rings. The molecule has 0 saturated carbocycles. The fourth-order valence-corrected chi connectivity index (χ4v) is 8.62. The van der Waals surface area contributed by atoms with E-state index in [2.05, 4.69) is 13.8 Å². The highest BCUT2D eigenvalue weighted by atomic mass is 32.2. The summed E-state index contributed by atoms with van der Waals surface area (Å²) < 4.78 is 5.30. The summed E-state index contributed by atoms with van der Waals surface area (Å²) in [6, 6.07) is 0. The maximum atomic E-state index is 11.7. The lowest BCUT2D eigenvalue weighted by Crippen LogP contribution is -2.07. The number of ether oxygens (including phenoxy) is 1. The lowest BCUT2D eigenvalue weighted by Gasteiger charge is -2.17. The number of rotatable bonds is 46. The molecule has 5 heteroatoms. The molecule has 0 rings (SSSR count). The Bertz CT molecular complexity index is 704. The first-order valence-corrected chi connectivity index (χ1v) is 25.2. The number of hydrogen-bond acceptors (Lipinski definition) is 4. The summed E-state index contributed by atoms with van der Waals surface area (Å²) in [5.74, 6) is 1.27. The highest BCUT2D eigenvalue weighted by Crippen LogP contribution is 2.25. The number of aliphatic carboxylic acids is 1. The van der Waals surface area contributed by atoms with Gasteiger partial charge in [0.2, 0.25) is 0 Å². The lowest BCUT2D eigenvalue weighted by molar-refractivity contribution is -0.143. The fourth-order valence-electron chi connectivity index (χ4n) is 7.78. The highest BCUT2D eigenvalue weighted by molar-refractivity contribution is 7.99. The van der Waals surface area contributed by atoms with Gasteiger partial charge in [-0.15, -0.1) is 0 Å². The summed E-state index contributed by atoms with van der Waals surface area (Å²) in [6.07, 6.45) is 54.4. The van der Waals surface area contributed by atoms with Gasteiger partial charge in [-0.2, -0.15) is 11.8 Å². The Kier molecular flexibility index (Phi) is 45.1. The van der Waals surface area contributed by atoms with Crippen molar-refractivity contribution >= 4 is 23.7 Å². The number of carboxylic acid groups (broad SMARTS) is 1. The number of carbonyl (C=O) groups excluding carboxylic acids is 1. The van der Waals surface area contributed by atoms with Crippen LogP contribution in [0.25, 0.3) is 0 Å². The molecule has 0 aromatic heterocycles. The molecule has 0 fully saturated rings. The number of esters is 1. The molecular weight excluding hydrogens is 673 g/mol. The third-order valence-corrected chi connectivity index (χ3v) is 12.3. The number of hydrogen-bond donors (Lipinski definition) is 1. The van der Waals surface area contributed by atoms with E-state index < -0.39 is 5.97 Å². The molecule has 1 N–H and O–H groups in total. The first kappa shape index (κ1) is 52.3. The second kappa shape index (κ2) is 45.7. The van der Waals surface area contributed by atoms with Gasteiger partial charge in [-0.3, -0.25) is 9.59 Å². The summed E-state index contributed by atoms with van der Waals surface area (Å²) in [5, 5.41) is 8.63. The second-order valence-electron chi connectivity index (χ2n) is 16.6. The second-order valence-corrected chi connectivity index (χ2v) is 17.9. The Morgan fingerprint density at radius 1 is 0.415 bits per heavy atom. The third kappa shape index (κ3) is 45.6. The average molecular weight is 767 g/mol. The predicted molar refractivity (Wildman–Crippen MR) is 235 cm³/mol. The van der Waals surface area contributed by atoms with Crippen molar-refractivity contribution in [3.05, 3.63) is 0 Å². The molecule has 0 spiro atoms. The molecule has 0 unspecified atom stereocenters. The lowest BCUT2D eigenvalue weighted by atomic mass is 9.89. The summed E-state index contributed by atoms with van der Waals surface area (Å²) in [4.78, 5) is 22.2. The Labute approximate surface area is 336 Å². The van der Waals surface area contributed by atoms with Gasteiger partial charge < -0.3 is 9.84 Å². The van der Waals surface area contributed by atoms with Gasteiger partial charge >= 0.3 is 11.9 Å². The van der Waals surface area contributed by atoms with Gasteiger partial charge in [0.05, 0.1) is 19.4 Å². The summed E-state index contributed by atoms with van der Waals surface area (Å²) in [7, 11) is 0. The van der Waals surface area contributed by atoms with Gasteiger partial charge in [-0.05, 0) is 12.3 Å². The van der Waals surface area contributed by atoms with Crippen LogP contribution in [0.4, 0.5) is 0 Å². The molecule has 316 valence electrons. The SMILES string of the molecule is CCCCCCCCCCCCC(CCCCCCCCCCCC)CCCCCCCCCCCCCCCCCOC(=O)CCSCCC(=O)O. The molecule has 0 atom stereocenters. The van der Waals surface area contributed by atoms with Crippen LogP contribution in [-0.2, 0) is 14.3 Å². The van der Waals surface area contributed by atoms with Crippen molar-refractivity contribution in [2.45, 2.75) is 271 Å². The van der Waals surface area contributed by atoms with Crippen molar-refractivity contribution in [1.82, 2.24) is 0 Å². The minimum Gasteiger partial charge on any atom is -0.481 e. The number of unbranched alkanes of at least 4 members (excludes halogenated alkanes) is 32. The molecule has 0 heterocycles. The van der Waals surface area contributed by atoms with Gasteiger partial charge in [0.25, 0.3) is 0 Å². The Balaban J connectivity index is 3.75. The molecule has 0 amide bonds. The zero-order chi connectivity index (χ0) is 38.6. The molecule has 53 heavy (non-hydrogen) atoms. The van der Waals surface area contributed by atoms with Crippen LogP contribution in [0.15, 0.2) is 0 Å². The molecule has 0 aromatic carbocycles. The van der Waals surface area contributed by atoms with E-state index in [0.29, 0.717) is 24.5 Å². The van der Waals surface area contributed by atoms with E-state index in [1.54, 1.807) is 0 Å². The normalized spacial score (nSPS) is 11.5. The van der Waals surface area contributed by atoms with E-state index in [9.17, 15) is 9.59 Å². The van der Waals surface area contributed by atoms with Gasteiger partial charge in [0.1, 0.15) is 0 Å². The minimum atomic E-state index is -0.784.